The van der Waals surface area contributed by atoms with E-state index >= 15 is 0 Å². The van der Waals surface area contributed by atoms with Crippen LogP contribution in [0.4, 0.5) is 0 Å². The number of aromatic nitrogens is 1. The number of carbonyl (C=O) groups excluding carboxylic acids is 1. The number of rotatable bonds is 9. The molecule has 2 rings (SSSR count). The van der Waals surface area contributed by atoms with Crippen LogP contribution in [0.2, 0.25) is 0 Å². The van der Waals surface area contributed by atoms with Crippen LogP contribution in [0.25, 0.3) is 0 Å². The lowest BCUT2D eigenvalue weighted by molar-refractivity contribution is -0.121. The third-order valence-electron chi connectivity index (χ3n) is 3.70. The SMILES string of the molecule is COc1ccc(CCCC(=O)NCCc2cc(C)on2)cc1OC. The number of benzene rings is 1. The molecular weight excluding hydrogens is 308 g/mol. The summed E-state index contributed by atoms with van der Waals surface area (Å²) in [5, 5.41) is 6.80. The van der Waals surface area contributed by atoms with Crippen molar-refractivity contribution in [1.29, 1.82) is 0 Å². The van der Waals surface area contributed by atoms with E-state index in [1.54, 1.807) is 14.2 Å². The summed E-state index contributed by atoms with van der Waals surface area (Å²) in [4.78, 5) is 11.9. The molecule has 0 saturated heterocycles. The molecule has 6 heteroatoms. The monoisotopic (exact) mass is 332 g/mol. The maximum Gasteiger partial charge on any atom is 0.220 e. The molecular formula is C18H24N2O4. The molecule has 24 heavy (non-hydrogen) atoms. The predicted molar refractivity (Wildman–Crippen MR) is 90.4 cm³/mol. The fourth-order valence-electron chi connectivity index (χ4n) is 2.44. The molecule has 0 radical (unpaired) electrons. The van der Waals surface area contributed by atoms with E-state index in [0.29, 0.717) is 30.9 Å². The van der Waals surface area contributed by atoms with Crippen molar-refractivity contribution >= 4 is 5.91 Å². The van der Waals surface area contributed by atoms with Crippen LogP contribution in [0.5, 0.6) is 11.5 Å². The van der Waals surface area contributed by atoms with E-state index in [1.807, 2.05) is 31.2 Å². The quantitative estimate of drug-likeness (QED) is 0.764. The zero-order valence-corrected chi connectivity index (χ0v) is 14.4. The van der Waals surface area contributed by atoms with Gasteiger partial charge < -0.3 is 19.3 Å². The number of hydrogen-bond acceptors (Lipinski definition) is 5. The normalized spacial score (nSPS) is 10.5. The fraction of sp³-hybridized carbons (Fsp3) is 0.444. The molecule has 0 aliphatic rings. The van der Waals surface area contributed by atoms with Gasteiger partial charge in [0.05, 0.1) is 19.9 Å². The van der Waals surface area contributed by atoms with Gasteiger partial charge in [-0.25, -0.2) is 0 Å². The van der Waals surface area contributed by atoms with Crippen molar-refractivity contribution in [3.8, 4) is 11.5 Å². The third kappa shape index (κ3) is 5.30. The Hall–Kier alpha value is -2.50. The maximum absolute atomic E-state index is 11.9. The molecule has 1 aromatic heterocycles. The van der Waals surface area contributed by atoms with Gasteiger partial charge in [0.2, 0.25) is 5.91 Å². The van der Waals surface area contributed by atoms with E-state index < -0.39 is 0 Å². The molecule has 0 aliphatic heterocycles. The smallest absolute Gasteiger partial charge is 0.220 e. The first-order valence-corrected chi connectivity index (χ1v) is 8.02. The van der Waals surface area contributed by atoms with E-state index in [0.717, 1.165) is 29.9 Å². The number of hydrogen-bond donors (Lipinski definition) is 1. The number of nitrogens with one attached hydrogen (secondary N) is 1. The van der Waals surface area contributed by atoms with Gasteiger partial charge in [0.25, 0.3) is 0 Å². The van der Waals surface area contributed by atoms with Crippen molar-refractivity contribution in [3.05, 3.63) is 41.3 Å². The minimum absolute atomic E-state index is 0.0516. The molecule has 0 bridgehead atoms. The van der Waals surface area contributed by atoms with Crippen LogP contribution in [0, 0.1) is 6.92 Å². The molecule has 130 valence electrons. The molecule has 0 fully saturated rings. The highest BCUT2D eigenvalue weighted by molar-refractivity contribution is 5.75. The van der Waals surface area contributed by atoms with E-state index in [2.05, 4.69) is 10.5 Å². The summed E-state index contributed by atoms with van der Waals surface area (Å²) in [5.74, 6) is 2.26. The molecule has 6 nitrogen and oxygen atoms in total. The second-order valence-corrected chi connectivity index (χ2v) is 5.57. The summed E-state index contributed by atoms with van der Waals surface area (Å²) in [7, 11) is 3.23. The molecule has 2 aromatic rings. The van der Waals surface area contributed by atoms with Crippen LogP contribution >= 0.6 is 0 Å². The minimum atomic E-state index is 0.0516. The zero-order valence-electron chi connectivity index (χ0n) is 14.4. The van der Waals surface area contributed by atoms with Crippen molar-refractivity contribution in [2.75, 3.05) is 20.8 Å². The molecule has 0 aliphatic carbocycles. The highest BCUT2D eigenvalue weighted by atomic mass is 16.5. The Morgan fingerprint density at radius 1 is 1.17 bits per heavy atom. The van der Waals surface area contributed by atoms with Crippen molar-refractivity contribution in [2.45, 2.75) is 32.6 Å². The predicted octanol–water partition coefficient (Wildman–Crippen LogP) is 2.68. The lowest BCUT2D eigenvalue weighted by atomic mass is 10.1. The molecule has 1 N–H and O–H groups in total. The van der Waals surface area contributed by atoms with Crippen molar-refractivity contribution in [3.63, 3.8) is 0 Å². The van der Waals surface area contributed by atoms with Crippen LogP contribution in [0.3, 0.4) is 0 Å². The number of aryl methyl sites for hydroxylation is 2. The largest absolute Gasteiger partial charge is 0.493 e. The van der Waals surface area contributed by atoms with Gasteiger partial charge in [0, 0.05) is 25.5 Å². The second-order valence-electron chi connectivity index (χ2n) is 5.57. The maximum atomic E-state index is 11.9. The van der Waals surface area contributed by atoms with E-state index in [-0.39, 0.29) is 5.91 Å². The van der Waals surface area contributed by atoms with Crippen LogP contribution in [0.15, 0.2) is 28.8 Å². The Morgan fingerprint density at radius 2 is 1.96 bits per heavy atom. The van der Waals surface area contributed by atoms with Gasteiger partial charge in [-0.05, 0) is 37.5 Å². The van der Waals surface area contributed by atoms with Gasteiger partial charge in [0.15, 0.2) is 11.5 Å². The highest BCUT2D eigenvalue weighted by Crippen LogP contribution is 2.28. The highest BCUT2D eigenvalue weighted by Gasteiger charge is 2.06. The Bertz CT molecular complexity index is 667. The van der Waals surface area contributed by atoms with E-state index in [9.17, 15) is 4.79 Å². The van der Waals surface area contributed by atoms with E-state index in [1.165, 1.54) is 0 Å². The number of methoxy groups -OCH3 is 2. The lowest BCUT2D eigenvalue weighted by Gasteiger charge is -2.09. The van der Waals surface area contributed by atoms with Crippen LogP contribution in [-0.4, -0.2) is 31.8 Å². The molecule has 0 atom stereocenters. The minimum Gasteiger partial charge on any atom is -0.493 e. The van der Waals surface area contributed by atoms with Crippen molar-refractivity contribution in [1.82, 2.24) is 10.5 Å². The van der Waals surface area contributed by atoms with Gasteiger partial charge >= 0.3 is 0 Å². The van der Waals surface area contributed by atoms with E-state index in [4.69, 9.17) is 14.0 Å². The zero-order chi connectivity index (χ0) is 17.4. The molecule has 1 amide bonds. The molecule has 1 aromatic carbocycles. The molecule has 0 saturated carbocycles. The first-order chi connectivity index (χ1) is 11.6. The Kier molecular flexibility index (Phi) is 6.66. The van der Waals surface area contributed by atoms with Crippen LogP contribution in [0.1, 0.15) is 29.9 Å². The van der Waals surface area contributed by atoms with Gasteiger partial charge in [-0.15, -0.1) is 0 Å². The summed E-state index contributed by atoms with van der Waals surface area (Å²) in [5.41, 5.74) is 1.98. The summed E-state index contributed by atoms with van der Waals surface area (Å²) < 4.78 is 15.5. The first-order valence-electron chi connectivity index (χ1n) is 8.02. The molecule has 1 heterocycles. The number of ether oxygens (including phenoxy) is 2. The number of amides is 1. The summed E-state index contributed by atoms with van der Waals surface area (Å²) in [6.45, 7) is 2.42. The van der Waals surface area contributed by atoms with Gasteiger partial charge in [-0.2, -0.15) is 0 Å². The Morgan fingerprint density at radius 3 is 2.62 bits per heavy atom. The standard InChI is InChI=1S/C18H24N2O4/c1-13-11-15(20-24-13)9-10-19-18(21)6-4-5-14-7-8-16(22-2)17(12-14)23-3/h7-8,11-12H,4-6,9-10H2,1-3H3,(H,19,21). The second kappa shape index (κ2) is 8.96. The summed E-state index contributed by atoms with van der Waals surface area (Å²) >= 11 is 0. The summed E-state index contributed by atoms with van der Waals surface area (Å²) in [6.07, 6.45) is 2.77. The fourth-order valence-corrected chi connectivity index (χ4v) is 2.44. The number of nitrogens with zero attached hydrogens (tertiary/aromatic N) is 1. The van der Waals surface area contributed by atoms with Gasteiger partial charge in [-0.1, -0.05) is 11.2 Å². The Balaban J connectivity index is 1.68. The van der Waals surface area contributed by atoms with Crippen LogP contribution < -0.4 is 14.8 Å². The van der Waals surface area contributed by atoms with Crippen LogP contribution in [-0.2, 0) is 17.6 Å². The molecule has 0 unspecified atom stereocenters. The third-order valence-corrected chi connectivity index (χ3v) is 3.70. The van der Waals surface area contributed by atoms with Crippen molar-refractivity contribution < 1.29 is 18.8 Å². The number of carbonyl (C=O) groups is 1. The van der Waals surface area contributed by atoms with Gasteiger partial charge in [0.1, 0.15) is 5.76 Å². The topological polar surface area (TPSA) is 73.6 Å². The molecule has 0 spiro atoms. The lowest BCUT2D eigenvalue weighted by Crippen LogP contribution is -2.25. The van der Waals surface area contributed by atoms with Gasteiger partial charge in [-0.3, -0.25) is 4.79 Å². The van der Waals surface area contributed by atoms with Crippen molar-refractivity contribution in [2.24, 2.45) is 0 Å². The summed E-state index contributed by atoms with van der Waals surface area (Å²) in [6, 6.07) is 7.70. The average Bonchev–Trinajstić information content (AvgIpc) is 3.00. The first kappa shape index (κ1) is 17.8. The average molecular weight is 332 g/mol. The Labute approximate surface area is 142 Å².